The molecular weight excluding hydrogens is 324 g/mol. The van der Waals surface area contributed by atoms with Gasteiger partial charge in [-0.3, -0.25) is 4.57 Å². The Kier molecular flexibility index (Phi) is 4.68. The maximum Gasteiger partial charge on any atom is 0.197 e. The number of hydrogen-bond acceptors (Lipinski definition) is 6. The number of phenols is 1. The number of phenolic OH excluding ortho intramolecular Hbond substituents is 1. The van der Waals surface area contributed by atoms with E-state index in [0.29, 0.717) is 11.0 Å². The summed E-state index contributed by atoms with van der Waals surface area (Å²) in [4.78, 5) is 0. The van der Waals surface area contributed by atoms with E-state index in [4.69, 9.17) is 10.00 Å². The number of ether oxygens (including phenoxy) is 1. The molecule has 0 saturated carbocycles. The second-order valence-corrected chi connectivity index (χ2v) is 5.78. The predicted octanol–water partition coefficient (Wildman–Crippen LogP) is 3.26. The molecule has 3 rings (SSSR count). The Morgan fingerprint density at radius 2 is 1.83 bits per heavy atom. The van der Waals surface area contributed by atoms with Crippen molar-refractivity contribution in [2.75, 3.05) is 12.9 Å². The second kappa shape index (κ2) is 7.06. The molecule has 1 heterocycles. The van der Waals surface area contributed by atoms with E-state index in [2.05, 4.69) is 16.3 Å². The van der Waals surface area contributed by atoms with E-state index in [1.807, 2.05) is 28.8 Å². The van der Waals surface area contributed by atoms with E-state index in [1.165, 1.54) is 11.8 Å². The number of rotatable bonds is 5. The summed E-state index contributed by atoms with van der Waals surface area (Å²) in [5.74, 6) is 1.86. The highest BCUT2D eigenvalue weighted by atomic mass is 32.2. The van der Waals surface area contributed by atoms with E-state index in [9.17, 15) is 5.11 Å². The number of thioether (sulfide) groups is 1. The summed E-state index contributed by atoms with van der Waals surface area (Å²) >= 11 is 1.32. The molecule has 1 N–H and O–H groups in total. The summed E-state index contributed by atoms with van der Waals surface area (Å²) in [7, 11) is 1.61. The van der Waals surface area contributed by atoms with Crippen molar-refractivity contribution >= 4 is 11.8 Å². The first kappa shape index (κ1) is 15.9. The average molecular weight is 338 g/mol. The highest BCUT2D eigenvalue weighted by molar-refractivity contribution is 7.99. The minimum Gasteiger partial charge on any atom is -0.508 e. The summed E-state index contributed by atoms with van der Waals surface area (Å²) in [6.45, 7) is 0. The third-order valence-electron chi connectivity index (χ3n) is 3.36. The van der Waals surface area contributed by atoms with Gasteiger partial charge in [-0.25, -0.2) is 0 Å². The fourth-order valence-corrected chi connectivity index (χ4v) is 2.83. The van der Waals surface area contributed by atoms with Crippen molar-refractivity contribution in [1.29, 1.82) is 5.26 Å². The summed E-state index contributed by atoms with van der Waals surface area (Å²) < 4.78 is 7.08. The lowest BCUT2D eigenvalue weighted by atomic mass is 10.2. The second-order valence-electron chi connectivity index (χ2n) is 4.83. The Morgan fingerprint density at radius 1 is 1.12 bits per heavy atom. The fraction of sp³-hybridized carbons (Fsp3) is 0.118. The molecule has 6 nitrogen and oxygen atoms in total. The van der Waals surface area contributed by atoms with Crippen LogP contribution in [-0.2, 0) is 0 Å². The molecule has 3 aromatic rings. The lowest BCUT2D eigenvalue weighted by Gasteiger charge is -2.10. The normalized spacial score (nSPS) is 10.3. The maximum atomic E-state index is 9.47. The Bertz CT molecular complexity index is 867. The third kappa shape index (κ3) is 3.19. The first-order valence-corrected chi connectivity index (χ1v) is 8.10. The summed E-state index contributed by atoms with van der Waals surface area (Å²) in [5, 5.41) is 27.4. The molecule has 0 atom stereocenters. The van der Waals surface area contributed by atoms with Gasteiger partial charge in [0.05, 0.1) is 18.9 Å². The van der Waals surface area contributed by atoms with Crippen molar-refractivity contribution in [3.05, 3.63) is 48.5 Å². The molecule has 0 spiro atoms. The van der Waals surface area contributed by atoms with Gasteiger partial charge in [0.2, 0.25) is 0 Å². The van der Waals surface area contributed by atoms with Crippen molar-refractivity contribution in [3.63, 3.8) is 0 Å². The van der Waals surface area contributed by atoms with Gasteiger partial charge >= 0.3 is 0 Å². The largest absolute Gasteiger partial charge is 0.508 e. The summed E-state index contributed by atoms with van der Waals surface area (Å²) in [6.07, 6.45) is 0. The quantitative estimate of drug-likeness (QED) is 0.719. The summed E-state index contributed by atoms with van der Waals surface area (Å²) in [5.41, 5.74) is 1.68. The molecule has 1 aromatic heterocycles. The third-order valence-corrected chi connectivity index (χ3v) is 4.15. The van der Waals surface area contributed by atoms with Crippen molar-refractivity contribution in [2.24, 2.45) is 0 Å². The minimum absolute atomic E-state index is 0.188. The van der Waals surface area contributed by atoms with Gasteiger partial charge < -0.3 is 9.84 Å². The molecule has 0 bridgehead atoms. The van der Waals surface area contributed by atoms with Crippen molar-refractivity contribution in [1.82, 2.24) is 14.8 Å². The molecule has 24 heavy (non-hydrogen) atoms. The van der Waals surface area contributed by atoms with Crippen molar-refractivity contribution < 1.29 is 9.84 Å². The zero-order chi connectivity index (χ0) is 16.9. The van der Waals surface area contributed by atoms with E-state index >= 15 is 0 Å². The first-order valence-electron chi connectivity index (χ1n) is 7.12. The van der Waals surface area contributed by atoms with Gasteiger partial charge in [0.15, 0.2) is 11.0 Å². The zero-order valence-electron chi connectivity index (χ0n) is 12.9. The fourth-order valence-electron chi connectivity index (χ4n) is 2.22. The molecule has 2 aromatic carbocycles. The maximum absolute atomic E-state index is 9.47. The van der Waals surface area contributed by atoms with E-state index in [-0.39, 0.29) is 11.5 Å². The highest BCUT2D eigenvalue weighted by Crippen LogP contribution is 2.29. The number of benzene rings is 2. The van der Waals surface area contributed by atoms with Gasteiger partial charge in [-0.05, 0) is 48.5 Å². The van der Waals surface area contributed by atoms with Crippen LogP contribution in [-0.4, -0.2) is 32.7 Å². The first-order chi connectivity index (χ1) is 11.7. The molecule has 0 aliphatic heterocycles. The van der Waals surface area contributed by atoms with Crippen LogP contribution in [0.25, 0.3) is 17.1 Å². The molecule has 0 aliphatic carbocycles. The molecule has 0 radical (unpaired) electrons. The van der Waals surface area contributed by atoms with Crippen LogP contribution in [0.15, 0.2) is 53.7 Å². The molecule has 0 saturated heterocycles. The Hall–Kier alpha value is -2.98. The molecule has 0 aliphatic rings. The van der Waals surface area contributed by atoms with Gasteiger partial charge in [-0.1, -0.05) is 11.8 Å². The van der Waals surface area contributed by atoms with Crippen LogP contribution in [0.5, 0.6) is 11.5 Å². The molecule has 0 amide bonds. The van der Waals surface area contributed by atoms with Crippen molar-refractivity contribution in [3.8, 4) is 34.6 Å². The number of hydrogen-bond donors (Lipinski definition) is 1. The lowest BCUT2D eigenvalue weighted by molar-refractivity contribution is 0.414. The van der Waals surface area contributed by atoms with E-state index < -0.39 is 0 Å². The number of aromatic nitrogens is 3. The average Bonchev–Trinajstić information content (AvgIpc) is 3.04. The molecule has 0 fully saturated rings. The highest BCUT2D eigenvalue weighted by Gasteiger charge is 2.16. The summed E-state index contributed by atoms with van der Waals surface area (Å²) in [6, 6.07) is 16.4. The van der Waals surface area contributed by atoms with Crippen LogP contribution in [0, 0.1) is 11.3 Å². The Labute approximate surface area is 143 Å². The number of nitriles is 1. The Balaban J connectivity index is 2.10. The van der Waals surface area contributed by atoms with Gasteiger partial charge in [0, 0.05) is 11.3 Å². The standard InChI is InChI=1S/C17H14N4O2S/c1-23-15-8-4-13(5-9-15)21-16(12-2-6-14(22)7-3-12)19-20-17(21)24-11-10-18/h2-9,22H,11H2,1H3. The predicted molar refractivity (Wildman–Crippen MR) is 91.3 cm³/mol. The van der Waals surface area contributed by atoms with Crippen LogP contribution in [0.1, 0.15) is 0 Å². The monoisotopic (exact) mass is 338 g/mol. The van der Waals surface area contributed by atoms with Gasteiger partial charge in [0.1, 0.15) is 11.5 Å². The van der Waals surface area contributed by atoms with Gasteiger partial charge in [0.25, 0.3) is 0 Å². The van der Waals surface area contributed by atoms with Crippen LogP contribution in [0.4, 0.5) is 0 Å². The lowest BCUT2D eigenvalue weighted by Crippen LogP contribution is -2.00. The zero-order valence-corrected chi connectivity index (χ0v) is 13.7. The van der Waals surface area contributed by atoms with Crippen LogP contribution in [0.3, 0.4) is 0 Å². The number of methoxy groups -OCH3 is 1. The Morgan fingerprint density at radius 3 is 2.46 bits per heavy atom. The smallest absolute Gasteiger partial charge is 0.197 e. The minimum atomic E-state index is 0.188. The van der Waals surface area contributed by atoms with E-state index in [0.717, 1.165) is 17.0 Å². The SMILES string of the molecule is COc1ccc(-n2c(SCC#N)nnc2-c2ccc(O)cc2)cc1. The van der Waals surface area contributed by atoms with Crippen LogP contribution >= 0.6 is 11.8 Å². The molecule has 0 unspecified atom stereocenters. The van der Waals surface area contributed by atoms with Gasteiger partial charge in [-0.15, -0.1) is 10.2 Å². The van der Waals surface area contributed by atoms with Crippen LogP contribution < -0.4 is 4.74 Å². The number of aromatic hydroxyl groups is 1. The topological polar surface area (TPSA) is 84.0 Å². The number of nitrogens with zero attached hydrogens (tertiary/aromatic N) is 4. The van der Waals surface area contributed by atoms with Gasteiger partial charge in [-0.2, -0.15) is 5.26 Å². The van der Waals surface area contributed by atoms with E-state index in [1.54, 1.807) is 31.4 Å². The van der Waals surface area contributed by atoms with Crippen LogP contribution in [0.2, 0.25) is 0 Å². The molecule has 120 valence electrons. The molecular formula is C17H14N4O2S. The van der Waals surface area contributed by atoms with Crippen molar-refractivity contribution in [2.45, 2.75) is 5.16 Å². The molecule has 7 heteroatoms.